The summed E-state index contributed by atoms with van der Waals surface area (Å²) in [6.45, 7) is 5.64. The van der Waals surface area contributed by atoms with E-state index in [1.807, 2.05) is 18.5 Å². The van der Waals surface area contributed by atoms with Crippen LogP contribution in [-0.2, 0) is 11.2 Å². The number of nitrogens with one attached hydrogen (secondary N) is 1. The van der Waals surface area contributed by atoms with Crippen LogP contribution < -0.4 is 5.32 Å². The molecule has 2 rings (SSSR count). The molecule has 0 bridgehead atoms. The highest BCUT2D eigenvalue weighted by Crippen LogP contribution is 2.17. The fourth-order valence-electron chi connectivity index (χ4n) is 1.96. The van der Waals surface area contributed by atoms with Crippen LogP contribution in [0, 0.1) is 6.92 Å². The van der Waals surface area contributed by atoms with Crippen molar-refractivity contribution in [2.75, 3.05) is 19.8 Å². The summed E-state index contributed by atoms with van der Waals surface area (Å²) in [6, 6.07) is 4.40. The van der Waals surface area contributed by atoms with Crippen molar-refractivity contribution >= 4 is 22.7 Å². The molecule has 0 aliphatic heterocycles. The van der Waals surface area contributed by atoms with E-state index in [0.717, 1.165) is 12.1 Å². The maximum absolute atomic E-state index is 9.91. The maximum Gasteiger partial charge on any atom is 0.0897 e. The number of aliphatic hydroxyl groups is 1. The van der Waals surface area contributed by atoms with Gasteiger partial charge in [-0.3, -0.25) is 0 Å². The third-order valence-corrected chi connectivity index (χ3v) is 5.31. The average Bonchev–Trinajstić information content (AvgIpc) is 3.13. The zero-order chi connectivity index (χ0) is 15.1. The molecule has 0 radical (unpaired) electrons. The predicted octanol–water partition coefficient (Wildman–Crippen LogP) is 2.78. The molecule has 0 aliphatic rings. The third-order valence-electron chi connectivity index (χ3n) is 3.26. The summed E-state index contributed by atoms with van der Waals surface area (Å²) in [5.74, 6) is 0. The van der Waals surface area contributed by atoms with Gasteiger partial charge in [-0.15, -0.1) is 22.7 Å². The second-order valence-electron chi connectivity index (χ2n) is 4.99. The first-order chi connectivity index (χ1) is 10.2. The summed E-state index contributed by atoms with van der Waals surface area (Å²) in [7, 11) is 0. The van der Waals surface area contributed by atoms with E-state index >= 15 is 0 Å². The maximum atomic E-state index is 9.91. The zero-order valence-corrected chi connectivity index (χ0v) is 14.0. The normalized spacial score (nSPS) is 14.2. The van der Waals surface area contributed by atoms with Crippen LogP contribution in [-0.4, -0.2) is 36.0 Å². The Balaban J connectivity index is 1.57. The number of rotatable bonds is 9. The number of aromatic nitrogens is 1. The monoisotopic (exact) mass is 326 g/mol. The topological polar surface area (TPSA) is 54.4 Å². The predicted molar refractivity (Wildman–Crippen MR) is 88.1 cm³/mol. The number of aliphatic hydroxyl groups excluding tert-OH is 1. The van der Waals surface area contributed by atoms with Gasteiger partial charge < -0.3 is 15.2 Å². The van der Waals surface area contributed by atoms with Crippen molar-refractivity contribution in [1.29, 1.82) is 0 Å². The molecule has 0 fully saturated rings. The molecule has 0 aromatic carbocycles. The molecule has 2 aromatic rings. The number of ether oxygens (including phenoxy) is 1. The van der Waals surface area contributed by atoms with E-state index in [2.05, 4.69) is 28.7 Å². The Bertz CT molecular complexity index is 513. The summed E-state index contributed by atoms with van der Waals surface area (Å²) in [5, 5.41) is 15.3. The van der Waals surface area contributed by atoms with Gasteiger partial charge in [0.15, 0.2) is 0 Å². The Morgan fingerprint density at radius 3 is 2.95 bits per heavy atom. The van der Waals surface area contributed by atoms with Gasteiger partial charge in [-0.2, -0.15) is 0 Å². The van der Waals surface area contributed by atoms with Crippen LogP contribution in [0.1, 0.15) is 28.4 Å². The van der Waals surface area contributed by atoms with Gasteiger partial charge in [0, 0.05) is 28.8 Å². The van der Waals surface area contributed by atoms with Crippen LogP contribution in [0.4, 0.5) is 0 Å². The molecule has 0 saturated carbocycles. The van der Waals surface area contributed by atoms with E-state index in [1.165, 1.54) is 9.75 Å². The van der Waals surface area contributed by atoms with Crippen LogP contribution in [0.15, 0.2) is 23.0 Å². The molecule has 0 spiro atoms. The molecule has 6 heteroatoms. The van der Waals surface area contributed by atoms with Crippen LogP contribution in [0.2, 0.25) is 0 Å². The minimum atomic E-state index is -0.477. The lowest BCUT2D eigenvalue weighted by Crippen LogP contribution is -2.32. The van der Waals surface area contributed by atoms with Gasteiger partial charge in [0.2, 0.25) is 0 Å². The van der Waals surface area contributed by atoms with E-state index in [9.17, 15) is 5.11 Å². The van der Waals surface area contributed by atoms with E-state index in [0.29, 0.717) is 19.8 Å². The largest absolute Gasteiger partial charge is 0.389 e. The van der Waals surface area contributed by atoms with E-state index in [1.54, 1.807) is 22.7 Å². The fourth-order valence-corrected chi connectivity index (χ4v) is 3.48. The van der Waals surface area contributed by atoms with Gasteiger partial charge in [-0.05, 0) is 25.3 Å². The highest BCUT2D eigenvalue weighted by molar-refractivity contribution is 7.10. The second kappa shape index (κ2) is 8.60. The van der Waals surface area contributed by atoms with E-state index in [4.69, 9.17) is 4.74 Å². The van der Waals surface area contributed by atoms with Crippen LogP contribution >= 0.6 is 22.7 Å². The Kier molecular flexibility index (Phi) is 6.79. The Morgan fingerprint density at radius 1 is 1.43 bits per heavy atom. The molecule has 0 saturated heterocycles. The lowest BCUT2D eigenvalue weighted by atomic mass is 10.2. The van der Waals surface area contributed by atoms with E-state index < -0.39 is 6.10 Å². The quantitative estimate of drug-likeness (QED) is 0.696. The fraction of sp³-hybridized carbons (Fsp3) is 0.533. The number of nitrogens with zero attached hydrogens (tertiary/aromatic N) is 1. The van der Waals surface area contributed by atoms with Crippen molar-refractivity contribution in [3.05, 3.63) is 38.5 Å². The highest BCUT2D eigenvalue weighted by Gasteiger charge is 2.10. The summed E-state index contributed by atoms with van der Waals surface area (Å²) < 4.78 is 5.54. The molecule has 2 heterocycles. The van der Waals surface area contributed by atoms with Gasteiger partial charge in [0.05, 0.1) is 30.5 Å². The lowest BCUT2D eigenvalue weighted by molar-refractivity contribution is 0.0374. The summed E-state index contributed by atoms with van der Waals surface area (Å²) in [5.41, 5.74) is 2.94. The molecular formula is C15H22N2O2S2. The number of hydrogen-bond acceptors (Lipinski definition) is 6. The third kappa shape index (κ3) is 5.48. The van der Waals surface area contributed by atoms with Gasteiger partial charge >= 0.3 is 0 Å². The standard InChI is InChI=1S/C15H22N2O2S2/c1-11(14-4-3-7-20-14)16-8-13(18)9-19-6-5-15-12(2)17-10-21-15/h3-4,7,10-11,13,16,18H,5-6,8-9H2,1-2H3/t11-,13?/m1/s1. The minimum Gasteiger partial charge on any atom is -0.389 e. The molecule has 0 aliphatic carbocycles. The summed E-state index contributed by atoms with van der Waals surface area (Å²) in [6.07, 6.45) is 0.386. The zero-order valence-electron chi connectivity index (χ0n) is 12.4. The van der Waals surface area contributed by atoms with Gasteiger partial charge in [-0.1, -0.05) is 6.07 Å². The molecule has 2 aromatic heterocycles. The lowest BCUT2D eigenvalue weighted by Gasteiger charge is -2.16. The molecule has 116 valence electrons. The Labute approximate surface area is 133 Å². The minimum absolute atomic E-state index is 0.263. The van der Waals surface area contributed by atoms with Gasteiger partial charge in [0.1, 0.15) is 0 Å². The van der Waals surface area contributed by atoms with Crippen molar-refractivity contribution in [2.45, 2.75) is 32.4 Å². The van der Waals surface area contributed by atoms with E-state index in [-0.39, 0.29) is 6.04 Å². The molecule has 1 unspecified atom stereocenters. The number of thiophene rings is 1. The molecule has 2 atom stereocenters. The number of aryl methyl sites for hydroxylation is 1. The number of hydrogen-bond donors (Lipinski definition) is 2. The first-order valence-corrected chi connectivity index (χ1v) is 8.84. The number of thiazole rings is 1. The first-order valence-electron chi connectivity index (χ1n) is 7.08. The van der Waals surface area contributed by atoms with Crippen molar-refractivity contribution in [2.24, 2.45) is 0 Å². The molecule has 21 heavy (non-hydrogen) atoms. The van der Waals surface area contributed by atoms with Crippen LogP contribution in [0.25, 0.3) is 0 Å². The van der Waals surface area contributed by atoms with Crippen molar-refractivity contribution in [1.82, 2.24) is 10.3 Å². The molecule has 4 nitrogen and oxygen atoms in total. The van der Waals surface area contributed by atoms with Gasteiger partial charge in [-0.25, -0.2) is 4.98 Å². The molecule has 0 amide bonds. The molecular weight excluding hydrogens is 304 g/mol. The SMILES string of the molecule is Cc1ncsc1CCOCC(O)CN[C@H](C)c1cccs1. The average molecular weight is 326 g/mol. The van der Waals surface area contributed by atoms with Crippen LogP contribution in [0.5, 0.6) is 0 Å². The summed E-state index contributed by atoms with van der Waals surface area (Å²) in [4.78, 5) is 6.75. The highest BCUT2D eigenvalue weighted by atomic mass is 32.1. The second-order valence-corrected chi connectivity index (χ2v) is 6.90. The first kappa shape index (κ1) is 16.6. The Hall–Kier alpha value is -0.790. The summed E-state index contributed by atoms with van der Waals surface area (Å²) >= 11 is 3.38. The van der Waals surface area contributed by atoms with Crippen LogP contribution in [0.3, 0.4) is 0 Å². The van der Waals surface area contributed by atoms with Crippen molar-refractivity contribution in [3.8, 4) is 0 Å². The smallest absolute Gasteiger partial charge is 0.0897 e. The van der Waals surface area contributed by atoms with Crippen molar-refractivity contribution < 1.29 is 9.84 Å². The molecule has 2 N–H and O–H groups in total. The van der Waals surface area contributed by atoms with Gasteiger partial charge in [0.25, 0.3) is 0 Å². The Morgan fingerprint density at radius 2 is 2.29 bits per heavy atom. The van der Waals surface area contributed by atoms with Crippen molar-refractivity contribution in [3.63, 3.8) is 0 Å².